The van der Waals surface area contributed by atoms with E-state index in [4.69, 9.17) is 4.74 Å². The van der Waals surface area contributed by atoms with E-state index in [9.17, 15) is 9.90 Å². The summed E-state index contributed by atoms with van der Waals surface area (Å²) in [6.45, 7) is 2.30. The zero-order valence-electron chi connectivity index (χ0n) is 18.1. The molecular formula is C24H32N4O3. The molecule has 2 aliphatic carbocycles. The molecule has 7 heteroatoms. The van der Waals surface area contributed by atoms with Crippen molar-refractivity contribution in [1.29, 1.82) is 0 Å². The van der Waals surface area contributed by atoms with Crippen LogP contribution in [0.25, 0.3) is 0 Å². The van der Waals surface area contributed by atoms with Gasteiger partial charge in [-0.15, -0.1) is 0 Å². The molecule has 1 aromatic heterocycles. The van der Waals surface area contributed by atoms with E-state index in [1.54, 1.807) is 7.11 Å². The fraction of sp³-hybridized carbons (Fsp3) is 0.583. The second-order valence-electron chi connectivity index (χ2n) is 9.22. The molecule has 5 rings (SSSR count). The SMILES string of the molecule is COc1ccc(CN[C@@H]2C[C@H](C(=O)N3CCCC3)[C@@H](O)[C@H]2c2cnc(C3CC3)[nH]2)cc1. The van der Waals surface area contributed by atoms with Crippen molar-refractivity contribution < 1.29 is 14.6 Å². The summed E-state index contributed by atoms with van der Waals surface area (Å²) in [4.78, 5) is 23.1. The fourth-order valence-corrected chi connectivity index (χ4v) is 5.16. The number of rotatable bonds is 7. The minimum Gasteiger partial charge on any atom is -0.497 e. The number of amides is 1. The molecule has 2 saturated carbocycles. The lowest BCUT2D eigenvalue weighted by molar-refractivity contribution is -0.137. The van der Waals surface area contributed by atoms with E-state index in [1.807, 2.05) is 35.4 Å². The van der Waals surface area contributed by atoms with Crippen LogP contribution < -0.4 is 10.1 Å². The van der Waals surface area contributed by atoms with Crippen molar-refractivity contribution in [3.63, 3.8) is 0 Å². The molecule has 7 nitrogen and oxygen atoms in total. The highest BCUT2D eigenvalue weighted by molar-refractivity contribution is 5.80. The van der Waals surface area contributed by atoms with Crippen molar-refractivity contribution >= 4 is 5.91 Å². The van der Waals surface area contributed by atoms with Crippen molar-refractivity contribution in [3.05, 3.63) is 47.5 Å². The van der Waals surface area contributed by atoms with Crippen LogP contribution in [0.5, 0.6) is 5.75 Å². The fourth-order valence-electron chi connectivity index (χ4n) is 5.16. The normalized spacial score (nSPS) is 28.3. The highest BCUT2D eigenvalue weighted by Gasteiger charge is 2.48. The van der Waals surface area contributed by atoms with Crippen LogP contribution in [0.2, 0.25) is 0 Å². The summed E-state index contributed by atoms with van der Waals surface area (Å²) in [5.74, 6) is 1.94. The third-order valence-electron chi connectivity index (χ3n) is 7.12. The zero-order chi connectivity index (χ0) is 21.4. The van der Waals surface area contributed by atoms with Crippen LogP contribution in [0, 0.1) is 5.92 Å². The molecular weight excluding hydrogens is 392 g/mol. The third-order valence-corrected chi connectivity index (χ3v) is 7.12. The molecule has 0 spiro atoms. The first-order chi connectivity index (χ1) is 15.1. The number of nitrogens with one attached hydrogen (secondary N) is 2. The summed E-state index contributed by atoms with van der Waals surface area (Å²) in [7, 11) is 1.66. The summed E-state index contributed by atoms with van der Waals surface area (Å²) in [6.07, 6.45) is 6.26. The van der Waals surface area contributed by atoms with Crippen LogP contribution in [0.4, 0.5) is 0 Å². The van der Waals surface area contributed by atoms with Gasteiger partial charge in [0.2, 0.25) is 5.91 Å². The minimum absolute atomic E-state index is 0.00107. The molecule has 166 valence electrons. The maximum Gasteiger partial charge on any atom is 0.228 e. The van der Waals surface area contributed by atoms with E-state index in [0.717, 1.165) is 48.8 Å². The summed E-state index contributed by atoms with van der Waals surface area (Å²) < 4.78 is 5.25. The maximum atomic E-state index is 13.1. The van der Waals surface area contributed by atoms with Crippen LogP contribution in [0.15, 0.2) is 30.5 Å². The Hall–Kier alpha value is -2.38. The standard InChI is InChI=1S/C24H32N4O3/c1-31-17-8-4-15(5-9-17)13-25-19-12-18(24(30)28-10-2-3-11-28)22(29)21(19)20-14-26-23(27-20)16-6-7-16/h4-5,8-9,14,16,18-19,21-22,25,29H,2-3,6-7,10-13H2,1H3,(H,26,27)/t18-,19+,21+,22+/m0/s1. The first kappa shape index (κ1) is 20.5. The highest BCUT2D eigenvalue weighted by atomic mass is 16.5. The van der Waals surface area contributed by atoms with Gasteiger partial charge in [-0.3, -0.25) is 4.79 Å². The van der Waals surface area contributed by atoms with E-state index in [-0.39, 0.29) is 23.8 Å². The number of likely N-dealkylation sites (tertiary alicyclic amines) is 1. The van der Waals surface area contributed by atoms with Crippen molar-refractivity contribution in [2.45, 2.75) is 62.6 Å². The van der Waals surface area contributed by atoms with E-state index in [2.05, 4.69) is 15.3 Å². The number of aromatic amines is 1. The number of carbonyl (C=O) groups is 1. The molecule has 1 amide bonds. The van der Waals surface area contributed by atoms with Crippen molar-refractivity contribution in [3.8, 4) is 5.75 Å². The highest BCUT2D eigenvalue weighted by Crippen LogP contribution is 2.42. The summed E-state index contributed by atoms with van der Waals surface area (Å²) in [5.41, 5.74) is 2.09. The molecule has 3 aliphatic rings. The van der Waals surface area contributed by atoms with Crippen molar-refractivity contribution in [2.24, 2.45) is 5.92 Å². The number of hydrogen-bond acceptors (Lipinski definition) is 5. The number of ether oxygens (including phenoxy) is 1. The van der Waals surface area contributed by atoms with Gasteiger partial charge in [-0.1, -0.05) is 12.1 Å². The molecule has 0 radical (unpaired) electrons. The Morgan fingerprint density at radius 3 is 2.68 bits per heavy atom. The van der Waals surface area contributed by atoms with Gasteiger partial charge in [0.25, 0.3) is 0 Å². The molecule has 0 bridgehead atoms. The van der Waals surface area contributed by atoms with Gasteiger partial charge >= 0.3 is 0 Å². The van der Waals surface area contributed by atoms with Gasteiger partial charge < -0.3 is 25.0 Å². The monoisotopic (exact) mass is 424 g/mol. The molecule has 0 unspecified atom stereocenters. The number of imidazole rings is 1. The molecule has 2 aromatic rings. The zero-order valence-corrected chi connectivity index (χ0v) is 18.1. The number of H-pyrrole nitrogens is 1. The van der Waals surface area contributed by atoms with Gasteiger partial charge in [0.05, 0.1) is 19.1 Å². The summed E-state index contributed by atoms with van der Waals surface area (Å²) in [6, 6.07) is 7.99. The Kier molecular flexibility index (Phi) is 5.71. The molecule has 4 atom stereocenters. The Balaban J connectivity index is 1.34. The number of aliphatic hydroxyl groups excluding tert-OH is 1. The van der Waals surface area contributed by atoms with Gasteiger partial charge in [-0.2, -0.15) is 0 Å². The first-order valence-corrected chi connectivity index (χ1v) is 11.5. The number of methoxy groups -OCH3 is 1. The third kappa shape index (κ3) is 4.21. The van der Waals surface area contributed by atoms with E-state index in [1.165, 1.54) is 12.8 Å². The lowest BCUT2D eigenvalue weighted by atomic mass is 9.95. The van der Waals surface area contributed by atoms with Crippen molar-refractivity contribution in [2.75, 3.05) is 20.2 Å². The van der Waals surface area contributed by atoms with Crippen LogP contribution in [-0.2, 0) is 11.3 Å². The van der Waals surface area contributed by atoms with Gasteiger partial charge in [0, 0.05) is 49.4 Å². The van der Waals surface area contributed by atoms with Gasteiger partial charge in [0.1, 0.15) is 11.6 Å². The molecule has 3 fully saturated rings. The minimum atomic E-state index is -0.714. The first-order valence-electron chi connectivity index (χ1n) is 11.5. The molecule has 1 aliphatic heterocycles. The molecule has 2 heterocycles. The Morgan fingerprint density at radius 1 is 1.26 bits per heavy atom. The van der Waals surface area contributed by atoms with Crippen LogP contribution in [-0.4, -0.2) is 58.2 Å². The molecule has 3 N–H and O–H groups in total. The predicted molar refractivity (Wildman–Crippen MR) is 117 cm³/mol. The Labute approximate surface area is 183 Å². The number of aliphatic hydroxyl groups is 1. The Morgan fingerprint density at radius 2 is 2.00 bits per heavy atom. The predicted octanol–water partition coefficient (Wildman–Crippen LogP) is 2.54. The van der Waals surface area contributed by atoms with E-state index >= 15 is 0 Å². The second-order valence-corrected chi connectivity index (χ2v) is 9.22. The van der Waals surface area contributed by atoms with Gasteiger partial charge in [-0.25, -0.2) is 4.98 Å². The second kappa shape index (κ2) is 8.63. The smallest absolute Gasteiger partial charge is 0.228 e. The van der Waals surface area contributed by atoms with Crippen molar-refractivity contribution in [1.82, 2.24) is 20.2 Å². The number of carbonyl (C=O) groups excluding carboxylic acids is 1. The molecule has 31 heavy (non-hydrogen) atoms. The molecule has 1 aromatic carbocycles. The average Bonchev–Trinajstić information content (AvgIpc) is 3.18. The Bertz CT molecular complexity index is 902. The van der Waals surface area contributed by atoms with Crippen LogP contribution >= 0.6 is 0 Å². The largest absolute Gasteiger partial charge is 0.497 e. The number of aromatic nitrogens is 2. The van der Waals surface area contributed by atoms with Gasteiger partial charge in [-0.05, 0) is 49.8 Å². The lowest BCUT2D eigenvalue weighted by Gasteiger charge is -2.24. The van der Waals surface area contributed by atoms with Crippen LogP contribution in [0.1, 0.15) is 61.0 Å². The maximum absolute atomic E-state index is 13.1. The summed E-state index contributed by atoms with van der Waals surface area (Å²) >= 11 is 0. The number of hydrogen-bond donors (Lipinski definition) is 3. The van der Waals surface area contributed by atoms with E-state index in [0.29, 0.717) is 18.9 Å². The number of benzene rings is 1. The quantitative estimate of drug-likeness (QED) is 0.636. The molecule has 1 saturated heterocycles. The van der Waals surface area contributed by atoms with Gasteiger partial charge in [0.15, 0.2) is 0 Å². The topological polar surface area (TPSA) is 90.5 Å². The van der Waals surface area contributed by atoms with Crippen LogP contribution in [0.3, 0.4) is 0 Å². The van der Waals surface area contributed by atoms with E-state index < -0.39 is 6.10 Å². The number of nitrogens with zero attached hydrogens (tertiary/aromatic N) is 2. The summed E-state index contributed by atoms with van der Waals surface area (Å²) in [5, 5.41) is 14.9. The average molecular weight is 425 g/mol. The lowest BCUT2D eigenvalue weighted by Crippen LogP contribution is -2.38.